The van der Waals surface area contributed by atoms with Crippen molar-refractivity contribution in [2.24, 2.45) is 5.73 Å². The third kappa shape index (κ3) is 2.46. The summed E-state index contributed by atoms with van der Waals surface area (Å²) in [6, 6.07) is 2.65. The van der Waals surface area contributed by atoms with E-state index >= 15 is 0 Å². The molecule has 1 aromatic rings. The van der Waals surface area contributed by atoms with Gasteiger partial charge in [0.25, 0.3) is 5.69 Å². The van der Waals surface area contributed by atoms with Gasteiger partial charge in [-0.25, -0.2) is 4.98 Å². The summed E-state index contributed by atoms with van der Waals surface area (Å²) in [5.41, 5.74) is 6.06. The van der Waals surface area contributed by atoms with Crippen LogP contribution in [0.15, 0.2) is 12.1 Å². The van der Waals surface area contributed by atoms with Gasteiger partial charge in [-0.05, 0) is 6.92 Å². The van der Waals surface area contributed by atoms with Gasteiger partial charge < -0.3 is 10.5 Å². The first-order chi connectivity index (χ1) is 7.47. The molecule has 0 radical (unpaired) electrons. The van der Waals surface area contributed by atoms with Gasteiger partial charge in [-0.1, -0.05) is 6.92 Å². The normalized spacial score (nSPS) is 14.2. The lowest BCUT2D eigenvalue weighted by molar-refractivity contribution is -0.386. The first kappa shape index (κ1) is 12.4. The van der Waals surface area contributed by atoms with Crippen molar-refractivity contribution in [1.29, 1.82) is 0 Å². The molecule has 0 fully saturated rings. The maximum atomic E-state index is 10.8. The van der Waals surface area contributed by atoms with Crippen LogP contribution < -0.4 is 10.5 Å². The largest absolute Gasteiger partial charge is 0.481 e. The Bertz CT molecular complexity index is 393. The third-order valence-electron chi connectivity index (χ3n) is 2.50. The maximum absolute atomic E-state index is 10.8. The molecule has 0 saturated heterocycles. The second kappa shape index (κ2) is 4.89. The van der Waals surface area contributed by atoms with Crippen molar-refractivity contribution in [3.63, 3.8) is 0 Å². The van der Waals surface area contributed by atoms with Crippen molar-refractivity contribution >= 4 is 5.69 Å². The van der Waals surface area contributed by atoms with Crippen molar-refractivity contribution < 1.29 is 9.66 Å². The predicted molar refractivity (Wildman–Crippen MR) is 59.5 cm³/mol. The summed E-state index contributed by atoms with van der Waals surface area (Å²) in [5.74, 6) is 0.156. The SMILES string of the molecule is COc1ccc([N+](=O)[O-])c(C(C)C(C)N)n1. The molecule has 0 aliphatic heterocycles. The van der Waals surface area contributed by atoms with Crippen molar-refractivity contribution in [3.05, 3.63) is 27.9 Å². The van der Waals surface area contributed by atoms with Crippen LogP contribution in [0.2, 0.25) is 0 Å². The second-order valence-electron chi connectivity index (χ2n) is 3.66. The number of methoxy groups -OCH3 is 1. The molecule has 2 unspecified atom stereocenters. The van der Waals surface area contributed by atoms with E-state index in [0.29, 0.717) is 11.6 Å². The van der Waals surface area contributed by atoms with Crippen molar-refractivity contribution in [2.75, 3.05) is 7.11 Å². The van der Waals surface area contributed by atoms with E-state index in [2.05, 4.69) is 4.98 Å². The van der Waals surface area contributed by atoms with Crippen molar-refractivity contribution in [3.8, 4) is 5.88 Å². The molecule has 88 valence electrons. The molecular formula is C10H15N3O3. The zero-order valence-electron chi connectivity index (χ0n) is 9.51. The van der Waals surface area contributed by atoms with Crippen LogP contribution in [0.25, 0.3) is 0 Å². The van der Waals surface area contributed by atoms with E-state index in [1.807, 2.05) is 0 Å². The van der Waals surface area contributed by atoms with Gasteiger partial charge in [0.15, 0.2) is 0 Å². The average Bonchev–Trinajstić information content (AvgIpc) is 2.26. The number of rotatable bonds is 4. The van der Waals surface area contributed by atoms with E-state index in [4.69, 9.17) is 10.5 Å². The molecule has 1 aromatic heterocycles. The highest BCUT2D eigenvalue weighted by molar-refractivity contribution is 5.40. The summed E-state index contributed by atoms with van der Waals surface area (Å²) in [4.78, 5) is 14.5. The molecule has 16 heavy (non-hydrogen) atoms. The molecule has 0 spiro atoms. The molecule has 0 saturated carbocycles. The molecule has 6 nitrogen and oxygen atoms in total. The number of ether oxygens (including phenoxy) is 1. The highest BCUT2D eigenvalue weighted by atomic mass is 16.6. The van der Waals surface area contributed by atoms with Gasteiger partial charge in [0.2, 0.25) is 5.88 Å². The number of hydrogen-bond donors (Lipinski definition) is 1. The predicted octanol–water partition coefficient (Wildman–Crippen LogP) is 1.45. The topological polar surface area (TPSA) is 91.3 Å². The molecular weight excluding hydrogens is 210 g/mol. The standard InChI is InChI=1S/C10H15N3O3/c1-6(7(2)11)10-8(13(14)15)4-5-9(12-10)16-3/h4-7H,11H2,1-3H3. The lowest BCUT2D eigenvalue weighted by Crippen LogP contribution is -2.24. The lowest BCUT2D eigenvalue weighted by atomic mass is 9.98. The van der Waals surface area contributed by atoms with Gasteiger partial charge in [-0.3, -0.25) is 10.1 Å². The number of nitro groups is 1. The van der Waals surface area contributed by atoms with E-state index in [0.717, 1.165) is 0 Å². The van der Waals surface area contributed by atoms with Crippen LogP contribution in [0.5, 0.6) is 5.88 Å². The fourth-order valence-electron chi connectivity index (χ4n) is 1.30. The monoisotopic (exact) mass is 225 g/mol. The van der Waals surface area contributed by atoms with Gasteiger partial charge in [0.1, 0.15) is 5.69 Å². The quantitative estimate of drug-likeness (QED) is 0.618. The zero-order valence-corrected chi connectivity index (χ0v) is 9.51. The summed E-state index contributed by atoms with van der Waals surface area (Å²) < 4.78 is 4.94. The molecule has 0 aromatic carbocycles. The summed E-state index contributed by atoms with van der Waals surface area (Å²) in [6.45, 7) is 3.59. The Labute approximate surface area is 93.6 Å². The minimum absolute atomic E-state index is 0.0226. The van der Waals surface area contributed by atoms with Crippen LogP contribution in [-0.2, 0) is 0 Å². The lowest BCUT2D eigenvalue weighted by Gasteiger charge is -2.15. The number of nitrogens with zero attached hydrogens (tertiary/aromatic N) is 2. The number of hydrogen-bond acceptors (Lipinski definition) is 5. The van der Waals surface area contributed by atoms with Crippen molar-refractivity contribution in [2.45, 2.75) is 25.8 Å². The highest BCUT2D eigenvalue weighted by Crippen LogP contribution is 2.28. The smallest absolute Gasteiger partial charge is 0.291 e. The first-order valence-corrected chi connectivity index (χ1v) is 4.92. The highest BCUT2D eigenvalue weighted by Gasteiger charge is 2.23. The van der Waals surface area contributed by atoms with Gasteiger partial charge in [0.05, 0.1) is 12.0 Å². The molecule has 2 atom stereocenters. The van der Waals surface area contributed by atoms with Crippen LogP contribution in [0.4, 0.5) is 5.69 Å². The summed E-state index contributed by atoms with van der Waals surface area (Å²) in [5, 5.41) is 10.8. The molecule has 2 N–H and O–H groups in total. The Kier molecular flexibility index (Phi) is 3.78. The Morgan fingerprint density at radius 1 is 1.50 bits per heavy atom. The fraction of sp³-hybridized carbons (Fsp3) is 0.500. The Morgan fingerprint density at radius 2 is 2.12 bits per heavy atom. The van der Waals surface area contributed by atoms with Gasteiger partial charge in [-0.15, -0.1) is 0 Å². The van der Waals surface area contributed by atoms with E-state index in [1.54, 1.807) is 13.8 Å². The Balaban J connectivity index is 3.25. The summed E-state index contributed by atoms with van der Waals surface area (Å²) in [7, 11) is 1.47. The molecule has 0 aliphatic carbocycles. The van der Waals surface area contributed by atoms with E-state index in [1.165, 1.54) is 19.2 Å². The Hall–Kier alpha value is -1.69. The number of nitrogens with two attached hydrogens (primary N) is 1. The van der Waals surface area contributed by atoms with E-state index in [-0.39, 0.29) is 17.6 Å². The summed E-state index contributed by atoms with van der Waals surface area (Å²) in [6.07, 6.45) is 0. The van der Waals surface area contributed by atoms with Crippen molar-refractivity contribution in [1.82, 2.24) is 4.98 Å². The molecule has 0 aliphatic rings. The molecule has 1 rings (SSSR count). The number of aromatic nitrogens is 1. The summed E-state index contributed by atoms with van der Waals surface area (Å²) >= 11 is 0. The molecule has 0 bridgehead atoms. The van der Waals surface area contributed by atoms with Crippen LogP contribution in [0.3, 0.4) is 0 Å². The average molecular weight is 225 g/mol. The van der Waals surface area contributed by atoms with Gasteiger partial charge >= 0.3 is 0 Å². The fourth-order valence-corrected chi connectivity index (χ4v) is 1.30. The molecule has 1 heterocycles. The van der Waals surface area contributed by atoms with E-state index in [9.17, 15) is 10.1 Å². The minimum atomic E-state index is -0.458. The van der Waals surface area contributed by atoms with Gasteiger partial charge in [-0.2, -0.15) is 0 Å². The van der Waals surface area contributed by atoms with Crippen LogP contribution in [-0.4, -0.2) is 23.1 Å². The molecule has 6 heteroatoms. The maximum Gasteiger partial charge on any atom is 0.291 e. The van der Waals surface area contributed by atoms with Gasteiger partial charge in [0, 0.05) is 24.1 Å². The zero-order chi connectivity index (χ0) is 12.3. The first-order valence-electron chi connectivity index (χ1n) is 4.92. The van der Waals surface area contributed by atoms with E-state index < -0.39 is 4.92 Å². The second-order valence-corrected chi connectivity index (χ2v) is 3.66. The van der Waals surface area contributed by atoms with Crippen LogP contribution in [0, 0.1) is 10.1 Å². The molecule has 0 amide bonds. The van der Waals surface area contributed by atoms with Crippen LogP contribution in [0.1, 0.15) is 25.5 Å². The van der Waals surface area contributed by atoms with Crippen LogP contribution >= 0.6 is 0 Å². The Morgan fingerprint density at radius 3 is 2.56 bits per heavy atom. The minimum Gasteiger partial charge on any atom is -0.481 e. The third-order valence-corrected chi connectivity index (χ3v) is 2.50. The number of pyridine rings is 1.